The zero-order valence-corrected chi connectivity index (χ0v) is 15.5. The Hall–Kier alpha value is -2.83. The average Bonchev–Trinajstić information content (AvgIpc) is 2.61. The maximum absolute atomic E-state index is 13.5. The van der Waals surface area contributed by atoms with Crippen LogP contribution in [0.5, 0.6) is 0 Å². The number of anilines is 1. The van der Waals surface area contributed by atoms with E-state index in [2.05, 4.69) is 10.3 Å². The van der Waals surface area contributed by atoms with E-state index in [0.717, 1.165) is 17.8 Å². The molecule has 7 nitrogen and oxygen atoms in total. The third-order valence-electron chi connectivity index (χ3n) is 3.22. The van der Waals surface area contributed by atoms with Gasteiger partial charge in [0.05, 0.1) is 22.0 Å². The van der Waals surface area contributed by atoms with Crippen molar-refractivity contribution in [1.29, 1.82) is 5.26 Å². The number of H-pyrrole nitrogens is 1. The van der Waals surface area contributed by atoms with Crippen molar-refractivity contribution in [2.45, 2.75) is 11.9 Å². The van der Waals surface area contributed by atoms with E-state index < -0.39 is 29.9 Å². The van der Waals surface area contributed by atoms with Gasteiger partial charge in [-0.3, -0.25) is 14.4 Å². The van der Waals surface area contributed by atoms with Gasteiger partial charge in [0, 0.05) is 11.1 Å². The molecular weight excluding hydrogens is 397 g/mol. The number of aromatic nitrogens is 1. The number of ether oxygens (including phenoxy) is 1. The summed E-state index contributed by atoms with van der Waals surface area (Å²) < 4.78 is 18.3. The van der Waals surface area contributed by atoms with Crippen LogP contribution < -0.4 is 10.9 Å². The standard InChI is InChI=1S/C17H13ClFN3O4S/c1-9-4-14(23)22-17(11(9)6-20)27-8-16(25)26-7-15(24)21-13-5-10(18)2-3-12(13)19/h2-5H,7-8H2,1H3,(H,21,24)(H,22,23). The summed E-state index contributed by atoms with van der Waals surface area (Å²) in [5, 5.41) is 11.8. The van der Waals surface area contributed by atoms with Crippen LogP contribution in [0.15, 0.2) is 34.1 Å². The molecule has 0 unspecified atom stereocenters. The van der Waals surface area contributed by atoms with Gasteiger partial charge in [0.15, 0.2) is 6.61 Å². The number of carbonyl (C=O) groups is 2. The van der Waals surface area contributed by atoms with Gasteiger partial charge in [0.2, 0.25) is 5.56 Å². The first-order valence-electron chi connectivity index (χ1n) is 7.47. The topological polar surface area (TPSA) is 112 Å². The van der Waals surface area contributed by atoms with Gasteiger partial charge in [-0.25, -0.2) is 4.39 Å². The van der Waals surface area contributed by atoms with Crippen LogP contribution in [0, 0.1) is 24.1 Å². The summed E-state index contributed by atoms with van der Waals surface area (Å²) in [5.41, 5.74) is 0.209. The van der Waals surface area contributed by atoms with Crippen LogP contribution in [0.1, 0.15) is 11.1 Å². The molecule has 0 aliphatic carbocycles. The first-order chi connectivity index (χ1) is 12.8. The predicted molar refractivity (Wildman–Crippen MR) is 98.2 cm³/mol. The van der Waals surface area contributed by atoms with E-state index in [4.69, 9.17) is 21.6 Å². The number of benzene rings is 1. The number of aryl methyl sites for hydroxylation is 1. The zero-order chi connectivity index (χ0) is 20.0. The summed E-state index contributed by atoms with van der Waals surface area (Å²) in [4.78, 5) is 37.5. The number of pyridine rings is 1. The molecule has 10 heteroatoms. The van der Waals surface area contributed by atoms with Crippen molar-refractivity contribution in [3.05, 3.63) is 56.6 Å². The number of amides is 1. The highest BCUT2D eigenvalue weighted by atomic mass is 35.5. The number of aromatic amines is 1. The Morgan fingerprint density at radius 1 is 1.41 bits per heavy atom. The molecule has 1 heterocycles. The van der Waals surface area contributed by atoms with Crippen LogP contribution in [0.3, 0.4) is 0 Å². The number of esters is 1. The first-order valence-corrected chi connectivity index (χ1v) is 8.84. The highest BCUT2D eigenvalue weighted by Gasteiger charge is 2.14. The molecule has 0 saturated heterocycles. The molecule has 0 atom stereocenters. The van der Waals surface area contributed by atoms with Crippen LogP contribution >= 0.6 is 23.4 Å². The molecular formula is C17H13ClFN3O4S. The third kappa shape index (κ3) is 5.84. The van der Waals surface area contributed by atoms with Crippen molar-refractivity contribution in [2.24, 2.45) is 0 Å². The summed E-state index contributed by atoms with van der Waals surface area (Å²) >= 11 is 6.63. The fourth-order valence-corrected chi connectivity index (χ4v) is 3.05. The number of nitriles is 1. The number of hydrogen-bond donors (Lipinski definition) is 2. The van der Waals surface area contributed by atoms with Crippen LogP contribution in [0.4, 0.5) is 10.1 Å². The molecule has 0 radical (unpaired) electrons. The molecule has 0 fully saturated rings. The maximum Gasteiger partial charge on any atom is 0.316 e. The molecule has 2 aromatic rings. The average molecular weight is 410 g/mol. The number of halogens is 2. The summed E-state index contributed by atoms with van der Waals surface area (Å²) in [7, 11) is 0. The number of nitrogens with zero attached hydrogens (tertiary/aromatic N) is 1. The van der Waals surface area contributed by atoms with Gasteiger partial charge in [-0.2, -0.15) is 5.26 Å². The quantitative estimate of drug-likeness (QED) is 0.560. The Bertz CT molecular complexity index is 987. The molecule has 1 amide bonds. The van der Waals surface area contributed by atoms with Gasteiger partial charge < -0.3 is 15.0 Å². The molecule has 0 bridgehead atoms. The Morgan fingerprint density at radius 2 is 2.15 bits per heavy atom. The molecule has 0 aliphatic rings. The predicted octanol–water partition coefficient (Wildman–Crippen LogP) is 2.62. The third-order valence-corrected chi connectivity index (χ3v) is 4.43. The molecule has 0 saturated carbocycles. The number of thioether (sulfide) groups is 1. The Kier molecular flexibility index (Phi) is 6.98. The number of nitrogens with one attached hydrogen (secondary N) is 2. The summed E-state index contributed by atoms with van der Waals surface area (Å²) in [6.07, 6.45) is 0. The smallest absolute Gasteiger partial charge is 0.316 e. The van der Waals surface area contributed by atoms with Crippen molar-refractivity contribution in [1.82, 2.24) is 4.98 Å². The summed E-state index contributed by atoms with van der Waals surface area (Å²) in [5.74, 6) is -2.39. The minimum absolute atomic E-state index is 0.131. The molecule has 1 aromatic carbocycles. The fraction of sp³-hybridized carbons (Fsp3) is 0.176. The van der Waals surface area contributed by atoms with E-state index in [9.17, 15) is 18.8 Å². The lowest BCUT2D eigenvalue weighted by Crippen LogP contribution is -2.22. The van der Waals surface area contributed by atoms with E-state index in [1.165, 1.54) is 18.2 Å². The summed E-state index contributed by atoms with van der Waals surface area (Å²) in [6, 6.07) is 6.87. The van der Waals surface area contributed by atoms with Crippen LogP contribution in [-0.4, -0.2) is 29.2 Å². The lowest BCUT2D eigenvalue weighted by molar-refractivity contribution is -0.144. The van der Waals surface area contributed by atoms with Crippen molar-refractivity contribution in [2.75, 3.05) is 17.7 Å². The van der Waals surface area contributed by atoms with Crippen LogP contribution in [-0.2, 0) is 14.3 Å². The van der Waals surface area contributed by atoms with Gasteiger partial charge in [0.1, 0.15) is 11.9 Å². The molecule has 2 rings (SSSR count). The second kappa shape index (κ2) is 9.21. The molecule has 1 aromatic heterocycles. The monoisotopic (exact) mass is 409 g/mol. The molecule has 0 aliphatic heterocycles. The SMILES string of the molecule is Cc1cc(=O)[nH]c(SCC(=O)OCC(=O)Nc2cc(Cl)ccc2F)c1C#N. The van der Waals surface area contributed by atoms with E-state index in [1.807, 2.05) is 6.07 Å². The minimum Gasteiger partial charge on any atom is -0.455 e. The lowest BCUT2D eigenvalue weighted by atomic mass is 10.2. The van der Waals surface area contributed by atoms with E-state index in [0.29, 0.717) is 5.56 Å². The molecule has 0 spiro atoms. The zero-order valence-electron chi connectivity index (χ0n) is 14.0. The van der Waals surface area contributed by atoms with Gasteiger partial charge in [-0.1, -0.05) is 23.4 Å². The highest BCUT2D eigenvalue weighted by Crippen LogP contribution is 2.21. The number of hydrogen-bond acceptors (Lipinski definition) is 6. The largest absolute Gasteiger partial charge is 0.455 e. The van der Waals surface area contributed by atoms with Crippen molar-refractivity contribution in [3.8, 4) is 6.07 Å². The number of carbonyl (C=O) groups excluding carboxylic acids is 2. The Morgan fingerprint density at radius 3 is 2.85 bits per heavy atom. The van der Waals surface area contributed by atoms with Crippen molar-refractivity contribution < 1.29 is 18.7 Å². The highest BCUT2D eigenvalue weighted by molar-refractivity contribution is 7.99. The van der Waals surface area contributed by atoms with Crippen LogP contribution in [0.2, 0.25) is 5.02 Å². The lowest BCUT2D eigenvalue weighted by Gasteiger charge is -2.08. The van der Waals surface area contributed by atoms with Gasteiger partial charge in [0.25, 0.3) is 5.91 Å². The number of rotatable bonds is 6. The summed E-state index contributed by atoms with van der Waals surface area (Å²) in [6.45, 7) is 0.982. The van der Waals surface area contributed by atoms with Gasteiger partial charge in [-0.05, 0) is 30.7 Å². The first kappa shape index (κ1) is 20.5. The van der Waals surface area contributed by atoms with Crippen LogP contribution in [0.25, 0.3) is 0 Å². The molecule has 140 valence electrons. The van der Waals surface area contributed by atoms with Crippen molar-refractivity contribution in [3.63, 3.8) is 0 Å². The maximum atomic E-state index is 13.5. The normalized spacial score (nSPS) is 10.1. The Labute approximate surface area is 162 Å². The second-order valence-corrected chi connectivity index (χ2v) is 6.68. The molecule has 2 N–H and O–H groups in total. The van der Waals surface area contributed by atoms with Gasteiger partial charge in [-0.15, -0.1) is 0 Å². The Balaban J connectivity index is 1.88. The fourth-order valence-electron chi connectivity index (χ4n) is 2.00. The van der Waals surface area contributed by atoms with Gasteiger partial charge >= 0.3 is 5.97 Å². The van der Waals surface area contributed by atoms with E-state index in [-0.39, 0.29) is 27.1 Å². The van der Waals surface area contributed by atoms with E-state index in [1.54, 1.807) is 6.92 Å². The van der Waals surface area contributed by atoms with E-state index >= 15 is 0 Å². The second-order valence-electron chi connectivity index (χ2n) is 5.25. The minimum atomic E-state index is -0.743. The van der Waals surface area contributed by atoms with Crippen molar-refractivity contribution >= 4 is 40.9 Å². The molecule has 27 heavy (non-hydrogen) atoms.